The number of hydrogen-bond acceptors (Lipinski definition) is 7. The van der Waals surface area contributed by atoms with E-state index in [0.717, 1.165) is 10.9 Å². The zero-order valence-corrected chi connectivity index (χ0v) is 12.7. The van der Waals surface area contributed by atoms with E-state index in [-0.39, 0.29) is 24.1 Å². The molecule has 0 radical (unpaired) electrons. The average molecular weight is 324 g/mol. The first kappa shape index (κ1) is 14.3. The van der Waals surface area contributed by atoms with Gasteiger partial charge in [0.15, 0.2) is 12.4 Å². The molecular weight excluding hydrogens is 312 g/mol. The molecule has 0 fully saturated rings. The van der Waals surface area contributed by atoms with E-state index in [1.807, 2.05) is 25.1 Å². The van der Waals surface area contributed by atoms with Crippen LogP contribution in [-0.2, 0) is 11.3 Å². The van der Waals surface area contributed by atoms with E-state index in [1.165, 1.54) is 6.26 Å². The lowest BCUT2D eigenvalue weighted by molar-refractivity contribution is 0.0403. The van der Waals surface area contributed by atoms with Crippen LogP contribution in [0.15, 0.2) is 55.9 Å². The zero-order chi connectivity index (χ0) is 16.5. The summed E-state index contributed by atoms with van der Waals surface area (Å²) < 4.78 is 21.3. The smallest absolute Gasteiger partial charge is 0.375 e. The van der Waals surface area contributed by atoms with Gasteiger partial charge in [-0.15, -0.1) is 10.2 Å². The van der Waals surface area contributed by atoms with Crippen LogP contribution in [0.1, 0.15) is 22.0 Å². The SMILES string of the molecule is Cc1c(C(=O)OCc2nnc(-c3ccco3)o2)oc2ccccc12. The maximum Gasteiger partial charge on any atom is 0.375 e. The molecule has 4 aromatic rings. The molecule has 0 saturated heterocycles. The fourth-order valence-electron chi connectivity index (χ4n) is 2.37. The second kappa shape index (κ2) is 5.69. The van der Waals surface area contributed by atoms with Crippen molar-refractivity contribution in [2.75, 3.05) is 0 Å². The summed E-state index contributed by atoms with van der Waals surface area (Å²) in [5, 5.41) is 8.53. The van der Waals surface area contributed by atoms with Crippen LogP contribution < -0.4 is 0 Å². The Kier molecular flexibility index (Phi) is 3.38. The first-order chi connectivity index (χ1) is 11.7. The molecule has 3 aromatic heterocycles. The second-order valence-electron chi connectivity index (χ2n) is 5.11. The molecule has 3 heterocycles. The Bertz CT molecular complexity index is 997. The van der Waals surface area contributed by atoms with Gasteiger partial charge in [0.1, 0.15) is 5.58 Å². The van der Waals surface area contributed by atoms with E-state index in [1.54, 1.807) is 18.2 Å². The number of furan rings is 2. The maximum absolute atomic E-state index is 12.2. The Hall–Kier alpha value is -3.35. The molecule has 0 aliphatic rings. The van der Waals surface area contributed by atoms with E-state index >= 15 is 0 Å². The molecule has 0 bridgehead atoms. The normalized spacial score (nSPS) is 11.0. The number of fused-ring (bicyclic) bond motifs is 1. The highest BCUT2D eigenvalue weighted by Gasteiger charge is 2.20. The van der Waals surface area contributed by atoms with Crippen LogP contribution in [0.3, 0.4) is 0 Å². The van der Waals surface area contributed by atoms with Gasteiger partial charge in [-0.2, -0.15) is 0 Å². The number of ether oxygens (including phenoxy) is 1. The quantitative estimate of drug-likeness (QED) is 0.528. The van der Waals surface area contributed by atoms with Crippen molar-refractivity contribution in [3.63, 3.8) is 0 Å². The third-order valence-electron chi connectivity index (χ3n) is 3.55. The number of aromatic nitrogens is 2. The van der Waals surface area contributed by atoms with Crippen molar-refractivity contribution in [2.24, 2.45) is 0 Å². The average Bonchev–Trinajstić information content (AvgIpc) is 3.33. The van der Waals surface area contributed by atoms with Crippen molar-refractivity contribution >= 4 is 16.9 Å². The van der Waals surface area contributed by atoms with Crippen LogP contribution >= 0.6 is 0 Å². The fourth-order valence-corrected chi connectivity index (χ4v) is 2.37. The summed E-state index contributed by atoms with van der Waals surface area (Å²) in [7, 11) is 0. The minimum Gasteiger partial charge on any atom is -0.459 e. The molecule has 7 heteroatoms. The van der Waals surface area contributed by atoms with Crippen molar-refractivity contribution in [1.29, 1.82) is 0 Å². The summed E-state index contributed by atoms with van der Waals surface area (Å²) in [6.07, 6.45) is 1.50. The highest BCUT2D eigenvalue weighted by Crippen LogP contribution is 2.25. The van der Waals surface area contributed by atoms with Crippen LogP contribution in [-0.4, -0.2) is 16.2 Å². The van der Waals surface area contributed by atoms with Gasteiger partial charge in [0.25, 0.3) is 11.8 Å². The highest BCUT2D eigenvalue weighted by molar-refractivity contribution is 5.95. The van der Waals surface area contributed by atoms with Gasteiger partial charge in [-0.3, -0.25) is 0 Å². The van der Waals surface area contributed by atoms with Crippen LogP contribution in [0, 0.1) is 6.92 Å². The molecule has 7 nitrogen and oxygen atoms in total. The van der Waals surface area contributed by atoms with Crippen molar-refractivity contribution in [3.8, 4) is 11.7 Å². The van der Waals surface area contributed by atoms with Gasteiger partial charge in [0, 0.05) is 10.9 Å². The number of carbonyl (C=O) groups excluding carboxylic acids is 1. The molecule has 0 unspecified atom stereocenters. The van der Waals surface area contributed by atoms with Crippen molar-refractivity contribution in [1.82, 2.24) is 10.2 Å². The van der Waals surface area contributed by atoms with Gasteiger partial charge in [0.05, 0.1) is 6.26 Å². The van der Waals surface area contributed by atoms with Crippen molar-refractivity contribution in [3.05, 3.63) is 59.9 Å². The highest BCUT2D eigenvalue weighted by atomic mass is 16.6. The Labute approximate surface area is 135 Å². The van der Waals surface area contributed by atoms with E-state index in [0.29, 0.717) is 11.3 Å². The molecule has 0 aliphatic carbocycles. The lowest BCUT2D eigenvalue weighted by Crippen LogP contribution is -2.05. The van der Waals surface area contributed by atoms with Gasteiger partial charge in [-0.05, 0) is 25.1 Å². The summed E-state index contributed by atoms with van der Waals surface area (Å²) in [5.74, 6) is 0.436. The second-order valence-corrected chi connectivity index (χ2v) is 5.11. The minimum absolute atomic E-state index is 0.150. The molecular formula is C17H12N2O5. The van der Waals surface area contributed by atoms with E-state index in [2.05, 4.69) is 10.2 Å². The van der Waals surface area contributed by atoms with E-state index in [9.17, 15) is 4.79 Å². The number of benzene rings is 1. The van der Waals surface area contributed by atoms with E-state index < -0.39 is 5.97 Å². The van der Waals surface area contributed by atoms with Crippen molar-refractivity contribution in [2.45, 2.75) is 13.5 Å². The minimum atomic E-state index is -0.582. The molecule has 0 atom stereocenters. The third kappa shape index (κ3) is 2.45. The first-order valence-electron chi connectivity index (χ1n) is 7.24. The zero-order valence-electron chi connectivity index (χ0n) is 12.7. The van der Waals surface area contributed by atoms with Crippen LogP contribution in [0.25, 0.3) is 22.6 Å². The number of nitrogens with zero attached hydrogens (tertiary/aromatic N) is 2. The predicted octanol–water partition coefficient (Wildman–Crippen LogP) is 3.74. The van der Waals surface area contributed by atoms with Gasteiger partial charge in [-0.25, -0.2) is 4.79 Å². The monoisotopic (exact) mass is 324 g/mol. The Balaban J connectivity index is 1.49. The third-order valence-corrected chi connectivity index (χ3v) is 3.55. The van der Waals surface area contributed by atoms with Crippen LogP contribution in [0.2, 0.25) is 0 Å². The summed E-state index contributed by atoms with van der Waals surface area (Å²) in [5.41, 5.74) is 1.37. The molecule has 0 N–H and O–H groups in total. The van der Waals surface area contributed by atoms with Crippen LogP contribution in [0.4, 0.5) is 0 Å². The Morgan fingerprint density at radius 1 is 1.12 bits per heavy atom. The summed E-state index contributed by atoms with van der Waals surface area (Å²) >= 11 is 0. The molecule has 120 valence electrons. The lowest BCUT2D eigenvalue weighted by Gasteiger charge is -1.99. The Morgan fingerprint density at radius 2 is 2.00 bits per heavy atom. The number of carbonyl (C=O) groups is 1. The summed E-state index contributed by atoms with van der Waals surface area (Å²) in [4.78, 5) is 12.2. The fraction of sp³-hybridized carbons (Fsp3) is 0.118. The number of aryl methyl sites for hydroxylation is 1. The molecule has 4 rings (SSSR count). The number of para-hydroxylation sites is 1. The largest absolute Gasteiger partial charge is 0.459 e. The molecule has 0 aliphatic heterocycles. The summed E-state index contributed by atoms with van der Waals surface area (Å²) in [6, 6.07) is 10.8. The number of rotatable bonds is 4. The van der Waals surface area contributed by atoms with Gasteiger partial charge in [0.2, 0.25) is 5.76 Å². The Morgan fingerprint density at radius 3 is 2.79 bits per heavy atom. The lowest BCUT2D eigenvalue weighted by atomic mass is 10.1. The first-order valence-corrected chi connectivity index (χ1v) is 7.24. The standard InChI is InChI=1S/C17H12N2O5/c1-10-11-5-2-3-6-12(11)23-15(10)17(20)22-9-14-18-19-16(24-14)13-7-4-8-21-13/h2-8H,9H2,1H3. The molecule has 24 heavy (non-hydrogen) atoms. The topological polar surface area (TPSA) is 91.5 Å². The maximum atomic E-state index is 12.2. The number of esters is 1. The molecule has 1 aromatic carbocycles. The predicted molar refractivity (Wildman–Crippen MR) is 82.1 cm³/mol. The molecule has 0 saturated carbocycles. The molecule has 0 spiro atoms. The van der Waals surface area contributed by atoms with Gasteiger partial charge in [-0.1, -0.05) is 18.2 Å². The van der Waals surface area contributed by atoms with Crippen molar-refractivity contribution < 1.29 is 22.8 Å². The van der Waals surface area contributed by atoms with E-state index in [4.69, 9.17) is 18.0 Å². The van der Waals surface area contributed by atoms with Gasteiger partial charge >= 0.3 is 5.97 Å². The van der Waals surface area contributed by atoms with Gasteiger partial charge < -0.3 is 18.0 Å². The summed E-state index contributed by atoms with van der Waals surface area (Å²) in [6.45, 7) is 1.66. The van der Waals surface area contributed by atoms with Crippen LogP contribution in [0.5, 0.6) is 0 Å². The molecule has 0 amide bonds. The number of hydrogen-bond donors (Lipinski definition) is 0.